The van der Waals surface area contributed by atoms with Crippen LogP contribution in [0.1, 0.15) is 12.6 Å². The van der Waals surface area contributed by atoms with Crippen LogP contribution in [-0.4, -0.2) is 37.1 Å². The van der Waals surface area contributed by atoms with E-state index in [1.807, 2.05) is 47.8 Å². The maximum atomic E-state index is 12.6. The van der Waals surface area contributed by atoms with Crippen LogP contribution in [0.4, 0.5) is 10.1 Å². The van der Waals surface area contributed by atoms with E-state index in [2.05, 4.69) is 5.32 Å². The van der Waals surface area contributed by atoms with Gasteiger partial charge in [-0.1, -0.05) is 13.0 Å². The standard InChI is InChI=1S/C19H22FN3O2/c1-4-15-19(21-11-10-20)17-7-5-6-16(23(17)22-15)14-9-8-13(24-2)12-18(14)25-3/h5-9,12,21H,4,10-11H2,1-3H3. The Morgan fingerprint density at radius 1 is 1.16 bits per heavy atom. The second kappa shape index (κ2) is 7.42. The zero-order valence-corrected chi connectivity index (χ0v) is 14.7. The molecule has 0 spiro atoms. The van der Waals surface area contributed by atoms with Crippen molar-refractivity contribution in [3.63, 3.8) is 0 Å². The second-order valence-electron chi connectivity index (χ2n) is 5.57. The Bertz CT molecular complexity index is 876. The predicted octanol–water partition coefficient (Wildman–Crippen LogP) is 3.96. The first-order valence-electron chi connectivity index (χ1n) is 8.26. The summed E-state index contributed by atoms with van der Waals surface area (Å²) in [6, 6.07) is 11.6. The van der Waals surface area contributed by atoms with Crippen LogP contribution in [0.25, 0.3) is 16.8 Å². The van der Waals surface area contributed by atoms with Gasteiger partial charge in [0.1, 0.15) is 18.2 Å². The fraction of sp³-hybridized carbons (Fsp3) is 0.316. The van der Waals surface area contributed by atoms with Crippen molar-refractivity contribution in [1.29, 1.82) is 0 Å². The minimum atomic E-state index is -0.424. The normalized spacial score (nSPS) is 10.9. The van der Waals surface area contributed by atoms with Crippen LogP contribution < -0.4 is 14.8 Å². The van der Waals surface area contributed by atoms with E-state index in [9.17, 15) is 4.39 Å². The molecule has 0 unspecified atom stereocenters. The lowest BCUT2D eigenvalue weighted by molar-refractivity contribution is 0.395. The Labute approximate surface area is 146 Å². The lowest BCUT2D eigenvalue weighted by Crippen LogP contribution is -2.04. The molecular weight excluding hydrogens is 321 g/mol. The van der Waals surface area contributed by atoms with Gasteiger partial charge >= 0.3 is 0 Å². The van der Waals surface area contributed by atoms with Crippen molar-refractivity contribution >= 4 is 11.2 Å². The highest BCUT2D eigenvalue weighted by Crippen LogP contribution is 2.35. The summed E-state index contributed by atoms with van der Waals surface area (Å²) in [7, 11) is 3.26. The van der Waals surface area contributed by atoms with Crippen LogP contribution in [0.5, 0.6) is 11.5 Å². The van der Waals surface area contributed by atoms with Gasteiger partial charge in [-0.25, -0.2) is 8.91 Å². The maximum Gasteiger partial charge on any atom is 0.131 e. The van der Waals surface area contributed by atoms with Crippen molar-refractivity contribution in [2.24, 2.45) is 0 Å². The smallest absolute Gasteiger partial charge is 0.131 e. The molecule has 0 amide bonds. The Balaban J connectivity index is 2.19. The van der Waals surface area contributed by atoms with Gasteiger partial charge in [0.2, 0.25) is 0 Å². The molecule has 0 fully saturated rings. The molecule has 3 aromatic rings. The number of hydrogen-bond acceptors (Lipinski definition) is 4. The molecule has 0 radical (unpaired) electrons. The molecule has 2 aromatic heterocycles. The number of nitrogens with zero attached hydrogens (tertiary/aromatic N) is 2. The summed E-state index contributed by atoms with van der Waals surface area (Å²) < 4.78 is 25.3. The SMILES string of the molecule is CCc1nn2c(-c3ccc(OC)cc3OC)cccc2c1NCCF. The van der Waals surface area contributed by atoms with Crippen molar-refractivity contribution in [3.8, 4) is 22.8 Å². The molecule has 3 rings (SSSR count). The summed E-state index contributed by atoms with van der Waals surface area (Å²) in [5.41, 5.74) is 4.53. The first kappa shape index (κ1) is 17.1. The largest absolute Gasteiger partial charge is 0.497 e. The van der Waals surface area contributed by atoms with Crippen LogP contribution in [0.3, 0.4) is 0 Å². The van der Waals surface area contributed by atoms with E-state index in [1.165, 1.54) is 0 Å². The Morgan fingerprint density at radius 3 is 2.68 bits per heavy atom. The molecule has 2 heterocycles. The quantitative estimate of drug-likeness (QED) is 0.705. The molecule has 6 heteroatoms. The van der Waals surface area contributed by atoms with Crippen molar-refractivity contribution in [2.75, 3.05) is 32.8 Å². The number of hydrogen-bond donors (Lipinski definition) is 1. The summed E-state index contributed by atoms with van der Waals surface area (Å²) in [5, 5.41) is 7.88. The van der Waals surface area contributed by atoms with Crippen molar-refractivity contribution in [2.45, 2.75) is 13.3 Å². The number of pyridine rings is 1. The van der Waals surface area contributed by atoms with E-state index < -0.39 is 6.67 Å². The van der Waals surface area contributed by atoms with Gasteiger partial charge in [-0.15, -0.1) is 0 Å². The van der Waals surface area contributed by atoms with E-state index in [4.69, 9.17) is 14.6 Å². The number of aromatic nitrogens is 2. The maximum absolute atomic E-state index is 12.6. The number of nitrogens with one attached hydrogen (secondary N) is 1. The average molecular weight is 343 g/mol. The predicted molar refractivity (Wildman–Crippen MR) is 97.6 cm³/mol. The minimum absolute atomic E-state index is 0.268. The monoisotopic (exact) mass is 343 g/mol. The first-order chi connectivity index (χ1) is 12.2. The lowest BCUT2D eigenvalue weighted by atomic mass is 10.1. The van der Waals surface area contributed by atoms with Gasteiger partial charge in [-0.05, 0) is 30.7 Å². The van der Waals surface area contributed by atoms with Gasteiger partial charge in [0, 0.05) is 18.2 Å². The highest BCUT2D eigenvalue weighted by atomic mass is 19.1. The highest BCUT2D eigenvalue weighted by Gasteiger charge is 2.16. The molecule has 0 saturated carbocycles. The molecule has 0 aliphatic rings. The number of anilines is 1. The summed E-state index contributed by atoms with van der Waals surface area (Å²) in [4.78, 5) is 0. The minimum Gasteiger partial charge on any atom is -0.497 e. The van der Waals surface area contributed by atoms with Gasteiger partial charge in [0.15, 0.2) is 0 Å². The van der Waals surface area contributed by atoms with Crippen LogP contribution in [0.2, 0.25) is 0 Å². The van der Waals surface area contributed by atoms with Crippen LogP contribution >= 0.6 is 0 Å². The molecule has 0 aliphatic heterocycles. The number of ether oxygens (including phenoxy) is 2. The first-order valence-corrected chi connectivity index (χ1v) is 8.26. The van der Waals surface area contributed by atoms with E-state index >= 15 is 0 Å². The third kappa shape index (κ3) is 3.12. The third-order valence-corrected chi connectivity index (χ3v) is 4.15. The summed E-state index contributed by atoms with van der Waals surface area (Å²) in [6.07, 6.45) is 0.759. The van der Waals surface area contributed by atoms with Crippen LogP contribution in [-0.2, 0) is 6.42 Å². The summed E-state index contributed by atoms with van der Waals surface area (Å²) in [5.74, 6) is 1.44. The topological polar surface area (TPSA) is 47.8 Å². The van der Waals surface area contributed by atoms with E-state index in [-0.39, 0.29) is 6.54 Å². The van der Waals surface area contributed by atoms with Gasteiger partial charge in [0.05, 0.1) is 36.8 Å². The number of alkyl halides is 1. The number of benzene rings is 1. The van der Waals surface area contributed by atoms with Crippen molar-refractivity contribution in [3.05, 3.63) is 42.1 Å². The molecule has 0 bridgehead atoms. The molecule has 1 aromatic carbocycles. The number of aryl methyl sites for hydroxylation is 1. The zero-order chi connectivity index (χ0) is 17.8. The number of rotatable bonds is 7. The van der Waals surface area contributed by atoms with E-state index in [0.717, 1.165) is 40.3 Å². The molecule has 5 nitrogen and oxygen atoms in total. The fourth-order valence-corrected chi connectivity index (χ4v) is 2.94. The van der Waals surface area contributed by atoms with Gasteiger partial charge in [-0.3, -0.25) is 0 Å². The van der Waals surface area contributed by atoms with Crippen LogP contribution in [0.15, 0.2) is 36.4 Å². The van der Waals surface area contributed by atoms with E-state index in [1.54, 1.807) is 14.2 Å². The summed E-state index contributed by atoms with van der Waals surface area (Å²) in [6.45, 7) is 1.88. The van der Waals surface area contributed by atoms with Crippen LogP contribution in [0, 0.1) is 0 Å². The van der Waals surface area contributed by atoms with Gasteiger partial charge in [-0.2, -0.15) is 5.10 Å². The second-order valence-corrected chi connectivity index (χ2v) is 5.57. The Hall–Kier alpha value is -2.76. The number of halogens is 1. The highest BCUT2D eigenvalue weighted by molar-refractivity contribution is 5.79. The third-order valence-electron chi connectivity index (χ3n) is 4.15. The molecule has 0 saturated heterocycles. The van der Waals surface area contributed by atoms with E-state index in [0.29, 0.717) is 5.75 Å². The van der Waals surface area contributed by atoms with Crippen molar-refractivity contribution < 1.29 is 13.9 Å². The van der Waals surface area contributed by atoms with Gasteiger partial charge in [0.25, 0.3) is 0 Å². The molecule has 1 N–H and O–H groups in total. The molecule has 25 heavy (non-hydrogen) atoms. The summed E-state index contributed by atoms with van der Waals surface area (Å²) >= 11 is 0. The molecular formula is C19H22FN3O2. The van der Waals surface area contributed by atoms with Crippen molar-refractivity contribution in [1.82, 2.24) is 9.61 Å². The van der Waals surface area contributed by atoms with Gasteiger partial charge < -0.3 is 14.8 Å². The average Bonchev–Trinajstić information content (AvgIpc) is 3.03. The number of fused-ring (bicyclic) bond motifs is 1. The Kier molecular flexibility index (Phi) is 5.07. The zero-order valence-electron chi connectivity index (χ0n) is 14.7. The molecule has 0 aliphatic carbocycles. The number of methoxy groups -OCH3 is 2. The Morgan fingerprint density at radius 2 is 2.00 bits per heavy atom. The molecule has 132 valence electrons. The molecule has 0 atom stereocenters. The fourth-order valence-electron chi connectivity index (χ4n) is 2.94. The lowest BCUT2D eigenvalue weighted by Gasteiger charge is -2.12.